The van der Waals surface area contributed by atoms with Crippen molar-refractivity contribution in [2.45, 2.75) is 6.92 Å². The molecule has 4 nitrogen and oxygen atoms in total. The molecule has 0 bridgehead atoms. The van der Waals surface area contributed by atoms with Gasteiger partial charge < -0.3 is 10.2 Å². The minimum Gasteiger partial charge on any atom is -0.469 e. The predicted octanol–water partition coefficient (Wildman–Crippen LogP) is 3.23. The zero-order chi connectivity index (χ0) is 12.5. The Bertz CT molecular complexity index is 667. The Morgan fingerprint density at radius 2 is 1.94 bits per heavy atom. The first kappa shape index (κ1) is 10.7. The van der Waals surface area contributed by atoms with E-state index in [2.05, 4.69) is 10.2 Å². The molecule has 0 aliphatic heterocycles. The van der Waals surface area contributed by atoms with Gasteiger partial charge in [-0.15, -0.1) is 0 Å². The molecule has 1 aromatic carbocycles. The summed E-state index contributed by atoms with van der Waals surface area (Å²) in [6, 6.07) is 11.9. The molecule has 4 heteroatoms. The summed E-state index contributed by atoms with van der Waals surface area (Å²) in [6.45, 7) is 1.92. The van der Waals surface area contributed by atoms with Crippen LogP contribution < -0.4 is 5.73 Å². The number of nitrogen functional groups attached to an aromatic ring is 1. The van der Waals surface area contributed by atoms with Crippen LogP contribution in [0.3, 0.4) is 0 Å². The van der Waals surface area contributed by atoms with Crippen LogP contribution >= 0.6 is 0 Å². The standard InChI is InChI=1S/C14H13N3O/c1-9-11(7-8-18-9)13-12(14(15)17-16-13)10-5-3-2-4-6-10/h2-8H,1H3,(H3,15,16,17). The molecule has 0 unspecified atom stereocenters. The molecule has 0 saturated heterocycles. The molecule has 18 heavy (non-hydrogen) atoms. The molecule has 3 rings (SSSR count). The molecule has 3 aromatic rings. The van der Waals surface area contributed by atoms with Gasteiger partial charge in [0.2, 0.25) is 0 Å². The molecule has 0 aliphatic rings. The van der Waals surface area contributed by atoms with Gasteiger partial charge in [0.05, 0.1) is 17.5 Å². The first-order chi connectivity index (χ1) is 8.77. The first-order valence-corrected chi connectivity index (χ1v) is 5.71. The van der Waals surface area contributed by atoms with E-state index < -0.39 is 0 Å². The lowest BCUT2D eigenvalue weighted by Gasteiger charge is -2.03. The van der Waals surface area contributed by atoms with Gasteiger partial charge in [-0.05, 0) is 18.6 Å². The first-order valence-electron chi connectivity index (χ1n) is 5.71. The van der Waals surface area contributed by atoms with E-state index >= 15 is 0 Å². The van der Waals surface area contributed by atoms with E-state index in [-0.39, 0.29) is 0 Å². The molecule has 0 aliphatic carbocycles. The minimum absolute atomic E-state index is 0.497. The van der Waals surface area contributed by atoms with Crippen LogP contribution in [0.15, 0.2) is 47.1 Å². The Morgan fingerprint density at radius 3 is 2.61 bits per heavy atom. The van der Waals surface area contributed by atoms with E-state index in [0.717, 1.165) is 28.1 Å². The van der Waals surface area contributed by atoms with Gasteiger partial charge in [0.1, 0.15) is 5.76 Å². The van der Waals surface area contributed by atoms with Crippen LogP contribution in [-0.4, -0.2) is 10.2 Å². The Kier molecular flexibility index (Phi) is 2.41. The molecule has 0 saturated carbocycles. The Balaban J connectivity index is 2.22. The van der Waals surface area contributed by atoms with E-state index in [0.29, 0.717) is 5.82 Å². The van der Waals surface area contributed by atoms with Crippen LogP contribution in [0.2, 0.25) is 0 Å². The van der Waals surface area contributed by atoms with Crippen molar-refractivity contribution in [1.29, 1.82) is 0 Å². The number of rotatable bonds is 2. The highest BCUT2D eigenvalue weighted by molar-refractivity contribution is 5.88. The fourth-order valence-corrected chi connectivity index (χ4v) is 2.09. The minimum atomic E-state index is 0.497. The topological polar surface area (TPSA) is 67.8 Å². The lowest BCUT2D eigenvalue weighted by atomic mass is 10.0. The molecular formula is C14H13N3O. The van der Waals surface area contributed by atoms with Crippen molar-refractivity contribution in [3.05, 3.63) is 48.4 Å². The SMILES string of the molecule is Cc1occc1-c1[nH]nc(N)c1-c1ccccc1. The number of aromatic amines is 1. The van der Waals surface area contributed by atoms with Crippen LogP contribution in [0.25, 0.3) is 22.4 Å². The van der Waals surface area contributed by atoms with Gasteiger partial charge in [-0.2, -0.15) is 5.10 Å². The van der Waals surface area contributed by atoms with Crippen LogP contribution in [0.1, 0.15) is 5.76 Å². The van der Waals surface area contributed by atoms with Crippen LogP contribution in [0.5, 0.6) is 0 Å². The molecule has 0 fully saturated rings. The number of aromatic nitrogens is 2. The molecule has 0 amide bonds. The molecule has 2 aromatic heterocycles. The highest BCUT2D eigenvalue weighted by Gasteiger charge is 2.17. The van der Waals surface area contributed by atoms with Crippen molar-refractivity contribution in [2.24, 2.45) is 0 Å². The lowest BCUT2D eigenvalue weighted by molar-refractivity contribution is 0.535. The van der Waals surface area contributed by atoms with E-state index in [1.165, 1.54) is 0 Å². The van der Waals surface area contributed by atoms with Crippen LogP contribution in [0.4, 0.5) is 5.82 Å². The van der Waals surface area contributed by atoms with Crippen molar-refractivity contribution >= 4 is 5.82 Å². The average molecular weight is 239 g/mol. The summed E-state index contributed by atoms with van der Waals surface area (Å²) in [6.07, 6.45) is 1.66. The molecule has 0 spiro atoms. The summed E-state index contributed by atoms with van der Waals surface area (Å²) >= 11 is 0. The summed E-state index contributed by atoms with van der Waals surface area (Å²) in [5, 5.41) is 7.08. The molecule has 0 radical (unpaired) electrons. The molecule has 90 valence electrons. The highest BCUT2D eigenvalue weighted by Crippen LogP contribution is 2.36. The number of hydrogen-bond acceptors (Lipinski definition) is 3. The van der Waals surface area contributed by atoms with E-state index in [9.17, 15) is 0 Å². The summed E-state index contributed by atoms with van der Waals surface area (Å²) in [5.41, 5.74) is 9.79. The normalized spacial score (nSPS) is 10.7. The van der Waals surface area contributed by atoms with Crippen molar-refractivity contribution in [3.8, 4) is 22.4 Å². The zero-order valence-electron chi connectivity index (χ0n) is 9.97. The molecule has 3 N–H and O–H groups in total. The largest absolute Gasteiger partial charge is 0.469 e. The fourth-order valence-electron chi connectivity index (χ4n) is 2.09. The maximum Gasteiger partial charge on any atom is 0.153 e. The third-order valence-electron chi connectivity index (χ3n) is 2.98. The Hall–Kier alpha value is -2.49. The van der Waals surface area contributed by atoms with E-state index in [1.807, 2.05) is 43.3 Å². The fraction of sp³-hybridized carbons (Fsp3) is 0.0714. The number of H-pyrrole nitrogens is 1. The predicted molar refractivity (Wildman–Crippen MR) is 70.9 cm³/mol. The summed E-state index contributed by atoms with van der Waals surface area (Å²) in [4.78, 5) is 0. The van der Waals surface area contributed by atoms with Gasteiger partial charge >= 0.3 is 0 Å². The number of nitrogens with two attached hydrogens (primary N) is 1. The van der Waals surface area contributed by atoms with Gasteiger partial charge in [-0.3, -0.25) is 5.10 Å². The number of furan rings is 1. The van der Waals surface area contributed by atoms with Crippen molar-refractivity contribution in [1.82, 2.24) is 10.2 Å². The number of anilines is 1. The molecular weight excluding hydrogens is 226 g/mol. The molecule has 0 atom stereocenters. The van der Waals surface area contributed by atoms with Gasteiger partial charge in [-0.1, -0.05) is 30.3 Å². The summed E-state index contributed by atoms with van der Waals surface area (Å²) < 4.78 is 5.33. The number of benzene rings is 1. The smallest absolute Gasteiger partial charge is 0.153 e. The van der Waals surface area contributed by atoms with Gasteiger partial charge in [0.25, 0.3) is 0 Å². The van der Waals surface area contributed by atoms with Crippen LogP contribution in [0, 0.1) is 6.92 Å². The number of nitrogens with zero attached hydrogens (tertiary/aromatic N) is 1. The highest BCUT2D eigenvalue weighted by atomic mass is 16.3. The number of aryl methyl sites for hydroxylation is 1. The lowest BCUT2D eigenvalue weighted by Crippen LogP contribution is -1.88. The van der Waals surface area contributed by atoms with Crippen molar-refractivity contribution < 1.29 is 4.42 Å². The zero-order valence-corrected chi connectivity index (χ0v) is 9.97. The van der Waals surface area contributed by atoms with Gasteiger partial charge in [-0.25, -0.2) is 0 Å². The maximum absolute atomic E-state index is 5.96. The quantitative estimate of drug-likeness (QED) is 0.721. The average Bonchev–Trinajstić information content (AvgIpc) is 2.96. The van der Waals surface area contributed by atoms with Crippen molar-refractivity contribution in [3.63, 3.8) is 0 Å². The second-order valence-electron chi connectivity index (χ2n) is 4.12. The Morgan fingerprint density at radius 1 is 1.17 bits per heavy atom. The van der Waals surface area contributed by atoms with Gasteiger partial charge in [0.15, 0.2) is 5.82 Å². The Labute approximate surface area is 104 Å². The second kappa shape index (κ2) is 4.07. The summed E-state index contributed by atoms with van der Waals surface area (Å²) in [7, 11) is 0. The number of hydrogen-bond donors (Lipinski definition) is 2. The van der Waals surface area contributed by atoms with Crippen molar-refractivity contribution in [2.75, 3.05) is 5.73 Å². The van der Waals surface area contributed by atoms with Gasteiger partial charge in [0, 0.05) is 5.56 Å². The van der Waals surface area contributed by atoms with E-state index in [4.69, 9.17) is 10.2 Å². The maximum atomic E-state index is 5.96. The van der Waals surface area contributed by atoms with Crippen LogP contribution in [-0.2, 0) is 0 Å². The third-order valence-corrected chi connectivity index (χ3v) is 2.98. The summed E-state index contributed by atoms with van der Waals surface area (Å²) in [5.74, 6) is 1.34. The van der Waals surface area contributed by atoms with E-state index in [1.54, 1.807) is 6.26 Å². The monoisotopic (exact) mass is 239 g/mol. The second-order valence-corrected chi connectivity index (χ2v) is 4.12. The third kappa shape index (κ3) is 1.59. The molecule has 2 heterocycles. The number of nitrogens with one attached hydrogen (secondary N) is 1.